The van der Waals surface area contributed by atoms with Gasteiger partial charge in [-0.25, -0.2) is 10.1 Å². The minimum absolute atomic E-state index is 0.166. The molecule has 8 nitrogen and oxygen atoms in total. The Labute approximate surface area is 127 Å². The first kappa shape index (κ1) is 14.3. The molecule has 0 aromatic carbocycles. The lowest BCUT2D eigenvalue weighted by atomic mass is 10.0. The number of anilines is 1. The van der Waals surface area contributed by atoms with Crippen LogP contribution in [0, 0.1) is 0 Å². The molecule has 3 heterocycles. The third-order valence-corrected chi connectivity index (χ3v) is 3.83. The molecule has 8 heteroatoms. The van der Waals surface area contributed by atoms with E-state index in [1.54, 1.807) is 6.07 Å². The molecule has 1 fully saturated rings. The van der Waals surface area contributed by atoms with Gasteiger partial charge in [-0.05, 0) is 25.3 Å². The van der Waals surface area contributed by atoms with Crippen LogP contribution in [-0.4, -0.2) is 45.2 Å². The molecule has 3 rings (SSSR count). The predicted molar refractivity (Wildman–Crippen MR) is 80.8 cm³/mol. The highest BCUT2D eigenvalue weighted by molar-refractivity contribution is 5.91. The Balaban J connectivity index is 1.66. The summed E-state index contributed by atoms with van der Waals surface area (Å²) in [5.41, 5.74) is 0.231. The Kier molecular flexibility index (Phi) is 4.17. The SMILES string of the molecule is O=C(NCC1CCCCN1c1ccc(=O)[nH]n1)c1cnc[nH]1. The van der Waals surface area contributed by atoms with Crippen LogP contribution in [0.15, 0.2) is 29.5 Å². The minimum Gasteiger partial charge on any atom is -0.350 e. The molecule has 3 N–H and O–H groups in total. The van der Waals surface area contributed by atoms with Crippen LogP contribution in [0.25, 0.3) is 0 Å². The highest BCUT2D eigenvalue weighted by Gasteiger charge is 2.24. The van der Waals surface area contributed by atoms with Gasteiger partial charge in [0.15, 0.2) is 0 Å². The number of carbonyl (C=O) groups excluding carboxylic acids is 1. The topological polar surface area (TPSA) is 107 Å². The van der Waals surface area contributed by atoms with E-state index in [0.717, 1.165) is 31.6 Å². The maximum Gasteiger partial charge on any atom is 0.269 e. The molecular weight excluding hydrogens is 284 g/mol. The zero-order valence-corrected chi connectivity index (χ0v) is 12.1. The number of nitrogens with one attached hydrogen (secondary N) is 3. The maximum atomic E-state index is 12.0. The average molecular weight is 302 g/mol. The van der Waals surface area contributed by atoms with Crippen molar-refractivity contribution in [2.24, 2.45) is 0 Å². The molecule has 1 atom stereocenters. The summed E-state index contributed by atoms with van der Waals surface area (Å²) >= 11 is 0. The predicted octanol–water partition coefficient (Wildman–Crippen LogP) is 0.282. The zero-order chi connectivity index (χ0) is 15.4. The molecular formula is C14H18N6O2. The summed E-state index contributed by atoms with van der Waals surface area (Å²) in [4.78, 5) is 31.9. The van der Waals surface area contributed by atoms with Crippen LogP contribution in [0.1, 0.15) is 29.8 Å². The number of nitrogens with zero attached hydrogens (tertiary/aromatic N) is 3. The number of imidazole rings is 1. The summed E-state index contributed by atoms with van der Waals surface area (Å²) in [6, 6.07) is 3.35. The van der Waals surface area contributed by atoms with Gasteiger partial charge in [-0.3, -0.25) is 9.59 Å². The van der Waals surface area contributed by atoms with Crippen molar-refractivity contribution in [2.75, 3.05) is 18.0 Å². The summed E-state index contributed by atoms with van der Waals surface area (Å²) in [6.07, 6.45) is 6.14. The number of carbonyl (C=O) groups is 1. The van der Waals surface area contributed by atoms with E-state index in [-0.39, 0.29) is 17.5 Å². The summed E-state index contributed by atoms with van der Waals surface area (Å²) < 4.78 is 0. The number of hydrogen-bond donors (Lipinski definition) is 3. The first-order chi connectivity index (χ1) is 10.7. The molecule has 1 saturated heterocycles. The molecule has 1 amide bonds. The first-order valence-corrected chi connectivity index (χ1v) is 7.33. The molecule has 22 heavy (non-hydrogen) atoms. The second-order valence-corrected chi connectivity index (χ2v) is 5.30. The molecule has 1 unspecified atom stereocenters. The zero-order valence-electron chi connectivity index (χ0n) is 12.1. The van der Waals surface area contributed by atoms with Crippen molar-refractivity contribution < 1.29 is 4.79 Å². The number of rotatable bonds is 4. The molecule has 116 valence electrons. The average Bonchev–Trinajstić information content (AvgIpc) is 3.08. The molecule has 1 aliphatic heterocycles. The Bertz CT molecular complexity index is 660. The monoisotopic (exact) mass is 302 g/mol. The van der Waals surface area contributed by atoms with E-state index < -0.39 is 0 Å². The second kappa shape index (κ2) is 6.42. The van der Waals surface area contributed by atoms with Crippen LogP contribution in [0.4, 0.5) is 5.82 Å². The summed E-state index contributed by atoms with van der Waals surface area (Å²) in [5, 5.41) is 9.46. The summed E-state index contributed by atoms with van der Waals surface area (Å²) in [6.45, 7) is 1.39. The van der Waals surface area contributed by atoms with Crippen LogP contribution in [0.3, 0.4) is 0 Å². The van der Waals surface area contributed by atoms with Gasteiger partial charge in [-0.2, -0.15) is 5.10 Å². The smallest absolute Gasteiger partial charge is 0.269 e. The van der Waals surface area contributed by atoms with E-state index >= 15 is 0 Å². The maximum absolute atomic E-state index is 12.0. The van der Waals surface area contributed by atoms with E-state index in [1.807, 2.05) is 0 Å². The highest BCUT2D eigenvalue weighted by atomic mass is 16.2. The normalized spacial score (nSPS) is 18.2. The van der Waals surface area contributed by atoms with Crippen molar-refractivity contribution in [1.29, 1.82) is 0 Å². The fourth-order valence-electron chi connectivity index (χ4n) is 2.70. The van der Waals surface area contributed by atoms with Gasteiger partial charge in [-0.1, -0.05) is 0 Å². The Hall–Kier alpha value is -2.64. The number of H-pyrrole nitrogens is 2. The molecule has 1 aliphatic rings. The first-order valence-electron chi connectivity index (χ1n) is 7.33. The standard InChI is InChI=1S/C14H18N6O2/c21-13-5-4-12(18-19-13)20-6-2-1-3-10(20)7-16-14(22)11-8-15-9-17-11/h4-5,8-10H,1-3,6-7H2,(H,15,17)(H,16,22)(H,19,21). The molecule has 0 aliphatic carbocycles. The molecule has 0 radical (unpaired) electrons. The van der Waals surface area contributed by atoms with Crippen LogP contribution >= 0.6 is 0 Å². The van der Waals surface area contributed by atoms with Crippen LogP contribution < -0.4 is 15.8 Å². The Morgan fingerprint density at radius 3 is 3.05 bits per heavy atom. The van der Waals surface area contributed by atoms with Gasteiger partial charge in [0, 0.05) is 25.2 Å². The molecule has 2 aromatic rings. The van der Waals surface area contributed by atoms with Crippen molar-refractivity contribution in [1.82, 2.24) is 25.5 Å². The van der Waals surface area contributed by atoms with Crippen molar-refractivity contribution in [2.45, 2.75) is 25.3 Å². The second-order valence-electron chi connectivity index (χ2n) is 5.30. The lowest BCUT2D eigenvalue weighted by Crippen LogP contribution is -2.47. The lowest BCUT2D eigenvalue weighted by Gasteiger charge is -2.36. The lowest BCUT2D eigenvalue weighted by molar-refractivity contribution is 0.0945. The van der Waals surface area contributed by atoms with E-state index in [4.69, 9.17) is 0 Å². The van der Waals surface area contributed by atoms with E-state index in [2.05, 4.69) is 30.4 Å². The van der Waals surface area contributed by atoms with Gasteiger partial charge in [0.2, 0.25) is 0 Å². The quantitative estimate of drug-likeness (QED) is 0.752. The van der Waals surface area contributed by atoms with Crippen LogP contribution in [0.5, 0.6) is 0 Å². The van der Waals surface area contributed by atoms with Gasteiger partial charge in [0.05, 0.1) is 12.5 Å². The van der Waals surface area contributed by atoms with Crippen molar-refractivity contribution in [3.8, 4) is 0 Å². The molecule has 0 bridgehead atoms. The number of aromatic nitrogens is 4. The Morgan fingerprint density at radius 1 is 1.41 bits per heavy atom. The van der Waals surface area contributed by atoms with Gasteiger partial charge in [0.1, 0.15) is 11.5 Å². The van der Waals surface area contributed by atoms with Crippen LogP contribution in [-0.2, 0) is 0 Å². The fraction of sp³-hybridized carbons (Fsp3) is 0.429. The van der Waals surface area contributed by atoms with E-state index in [1.165, 1.54) is 18.6 Å². The number of aromatic amines is 2. The van der Waals surface area contributed by atoms with Gasteiger partial charge < -0.3 is 15.2 Å². The van der Waals surface area contributed by atoms with E-state index in [9.17, 15) is 9.59 Å². The van der Waals surface area contributed by atoms with Crippen molar-refractivity contribution in [3.63, 3.8) is 0 Å². The number of amides is 1. The third-order valence-electron chi connectivity index (χ3n) is 3.83. The third kappa shape index (κ3) is 3.16. The number of hydrogen-bond acceptors (Lipinski definition) is 5. The summed E-state index contributed by atoms with van der Waals surface area (Å²) in [5.74, 6) is 0.567. The molecule has 0 saturated carbocycles. The largest absolute Gasteiger partial charge is 0.350 e. The molecule has 0 spiro atoms. The van der Waals surface area contributed by atoms with Crippen molar-refractivity contribution in [3.05, 3.63) is 40.7 Å². The van der Waals surface area contributed by atoms with Gasteiger partial charge in [0.25, 0.3) is 11.5 Å². The molecule has 2 aromatic heterocycles. The van der Waals surface area contributed by atoms with Gasteiger partial charge in [-0.15, -0.1) is 0 Å². The number of piperidine rings is 1. The Morgan fingerprint density at radius 2 is 2.32 bits per heavy atom. The highest BCUT2D eigenvalue weighted by Crippen LogP contribution is 2.21. The van der Waals surface area contributed by atoms with Crippen molar-refractivity contribution >= 4 is 11.7 Å². The van der Waals surface area contributed by atoms with Gasteiger partial charge >= 0.3 is 0 Å². The minimum atomic E-state index is -0.218. The van der Waals surface area contributed by atoms with Crippen LogP contribution in [0.2, 0.25) is 0 Å². The van der Waals surface area contributed by atoms with E-state index in [0.29, 0.717) is 12.2 Å². The fourth-order valence-corrected chi connectivity index (χ4v) is 2.70. The summed E-state index contributed by atoms with van der Waals surface area (Å²) in [7, 11) is 0.